The van der Waals surface area contributed by atoms with Crippen LogP contribution in [-0.4, -0.2) is 58.7 Å². The van der Waals surface area contributed by atoms with Gasteiger partial charge in [0.25, 0.3) is 0 Å². The van der Waals surface area contributed by atoms with E-state index in [1.807, 2.05) is 0 Å². The lowest BCUT2D eigenvalue weighted by Gasteiger charge is -2.15. The monoisotopic (exact) mass is 377 g/mol. The molecule has 2 atom stereocenters. The molecule has 1 aromatic carbocycles. The topological polar surface area (TPSA) is 73.3 Å². The van der Waals surface area contributed by atoms with Gasteiger partial charge < -0.3 is 29.6 Å². The van der Waals surface area contributed by atoms with Crippen LogP contribution in [0.2, 0.25) is 0 Å². The van der Waals surface area contributed by atoms with Crippen molar-refractivity contribution in [2.45, 2.75) is 44.9 Å². The largest absolute Gasteiger partial charge is 0.496 e. The van der Waals surface area contributed by atoms with Gasteiger partial charge in [-0.2, -0.15) is 0 Å². The number of aliphatic imine (C=N–C) groups is 1. The van der Waals surface area contributed by atoms with Gasteiger partial charge >= 0.3 is 0 Å². The van der Waals surface area contributed by atoms with Gasteiger partial charge in [0.1, 0.15) is 17.6 Å². The normalized spacial score (nSPS) is 21.7. The number of hydrogen-bond acceptors (Lipinski definition) is 5. The van der Waals surface area contributed by atoms with Crippen molar-refractivity contribution in [3.63, 3.8) is 0 Å². The predicted octanol–water partition coefficient (Wildman–Crippen LogP) is 1.88. The average molecular weight is 377 g/mol. The van der Waals surface area contributed by atoms with E-state index in [-0.39, 0.29) is 12.2 Å². The summed E-state index contributed by atoms with van der Waals surface area (Å²) in [5, 5.41) is 6.65. The van der Waals surface area contributed by atoms with Gasteiger partial charge in [-0.05, 0) is 31.9 Å². The minimum Gasteiger partial charge on any atom is -0.496 e. The molecule has 0 aromatic heterocycles. The molecule has 0 aliphatic carbocycles. The van der Waals surface area contributed by atoms with E-state index in [1.165, 1.54) is 5.56 Å². The Morgan fingerprint density at radius 3 is 2.96 bits per heavy atom. The van der Waals surface area contributed by atoms with Crippen molar-refractivity contribution in [3.8, 4) is 11.5 Å². The molecule has 2 N–H and O–H groups in total. The molecule has 0 saturated carbocycles. The highest BCUT2D eigenvalue weighted by Gasteiger charge is 2.21. The summed E-state index contributed by atoms with van der Waals surface area (Å²) in [6.45, 7) is 5.77. The molecule has 27 heavy (non-hydrogen) atoms. The summed E-state index contributed by atoms with van der Waals surface area (Å²) in [4.78, 5) is 4.28. The molecule has 1 aromatic rings. The molecule has 3 rings (SSSR count). The van der Waals surface area contributed by atoms with Gasteiger partial charge in [-0.25, -0.2) is 0 Å². The average Bonchev–Trinajstić information content (AvgIpc) is 3.31. The fraction of sp³-hybridized carbons (Fsp3) is 0.650. The number of nitrogens with zero attached hydrogens (tertiary/aromatic N) is 1. The maximum Gasteiger partial charge on any atom is 0.191 e. The van der Waals surface area contributed by atoms with E-state index in [9.17, 15) is 0 Å². The minimum atomic E-state index is 0.223. The van der Waals surface area contributed by atoms with Crippen molar-refractivity contribution in [2.75, 3.05) is 40.5 Å². The highest BCUT2D eigenvalue weighted by Crippen LogP contribution is 2.34. The van der Waals surface area contributed by atoms with Crippen molar-refractivity contribution in [2.24, 2.45) is 4.99 Å². The molecule has 0 amide bonds. The maximum absolute atomic E-state index is 5.86. The number of nitrogens with one attached hydrogen (secondary N) is 2. The number of methoxy groups -OCH3 is 1. The van der Waals surface area contributed by atoms with Gasteiger partial charge in [-0.3, -0.25) is 4.99 Å². The first kappa shape index (κ1) is 19.8. The predicted molar refractivity (Wildman–Crippen MR) is 105 cm³/mol. The summed E-state index contributed by atoms with van der Waals surface area (Å²) in [5.41, 5.74) is 2.26. The fourth-order valence-corrected chi connectivity index (χ4v) is 3.38. The summed E-state index contributed by atoms with van der Waals surface area (Å²) in [6, 6.07) is 4.14. The first-order valence-electron chi connectivity index (χ1n) is 9.70. The number of rotatable bonds is 8. The van der Waals surface area contributed by atoms with Gasteiger partial charge in [0.05, 0.1) is 19.8 Å². The molecule has 1 fully saturated rings. The number of guanidine groups is 1. The van der Waals surface area contributed by atoms with Gasteiger partial charge in [-0.1, -0.05) is 0 Å². The van der Waals surface area contributed by atoms with Crippen molar-refractivity contribution < 1.29 is 18.9 Å². The molecular formula is C20H31N3O4. The Labute approximate surface area is 161 Å². The lowest BCUT2D eigenvalue weighted by atomic mass is 10.1. The van der Waals surface area contributed by atoms with Crippen LogP contribution in [0, 0.1) is 0 Å². The Morgan fingerprint density at radius 1 is 1.33 bits per heavy atom. The molecule has 2 unspecified atom stereocenters. The molecule has 2 heterocycles. The van der Waals surface area contributed by atoms with Crippen LogP contribution < -0.4 is 20.1 Å². The lowest BCUT2D eigenvalue weighted by molar-refractivity contribution is 0.0420. The molecule has 150 valence electrons. The number of fused-ring (bicyclic) bond motifs is 1. The molecule has 7 nitrogen and oxygen atoms in total. The molecule has 0 bridgehead atoms. The number of ether oxygens (including phenoxy) is 4. The summed E-state index contributed by atoms with van der Waals surface area (Å²) in [6.07, 6.45) is 3.34. The van der Waals surface area contributed by atoms with Gasteiger partial charge in [0.2, 0.25) is 0 Å². The van der Waals surface area contributed by atoms with Crippen LogP contribution in [0.4, 0.5) is 0 Å². The molecule has 2 aliphatic heterocycles. The van der Waals surface area contributed by atoms with E-state index in [0.29, 0.717) is 6.54 Å². The first-order valence-corrected chi connectivity index (χ1v) is 9.70. The van der Waals surface area contributed by atoms with E-state index < -0.39 is 0 Å². The number of hydrogen-bond donors (Lipinski definition) is 2. The quantitative estimate of drug-likeness (QED) is 0.409. The van der Waals surface area contributed by atoms with E-state index in [1.54, 1.807) is 14.2 Å². The Hall–Kier alpha value is -1.99. The summed E-state index contributed by atoms with van der Waals surface area (Å²) in [7, 11) is 3.47. The van der Waals surface area contributed by atoms with E-state index in [2.05, 4.69) is 34.7 Å². The third kappa shape index (κ3) is 5.49. The number of benzene rings is 1. The lowest BCUT2D eigenvalue weighted by Crippen LogP contribution is -2.37. The standard InChI is InChI=1S/C20H31N3O4/c1-14-9-15-10-18(24-3)16(11-19(15)27-14)12-23-20(21-2)22-6-4-7-26-17-5-8-25-13-17/h10-11,14,17H,4-9,12-13H2,1-3H3,(H2,21,22,23). The summed E-state index contributed by atoms with van der Waals surface area (Å²) in [5.74, 6) is 2.59. The van der Waals surface area contributed by atoms with Gasteiger partial charge in [0.15, 0.2) is 5.96 Å². The van der Waals surface area contributed by atoms with Crippen molar-refractivity contribution in [1.29, 1.82) is 0 Å². The van der Waals surface area contributed by atoms with Crippen LogP contribution in [0.25, 0.3) is 0 Å². The maximum atomic E-state index is 5.86. The third-order valence-electron chi connectivity index (χ3n) is 4.82. The molecule has 1 saturated heterocycles. The zero-order valence-electron chi connectivity index (χ0n) is 16.5. The van der Waals surface area contributed by atoms with Crippen LogP contribution in [0.5, 0.6) is 11.5 Å². The second-order valence-electron chi connectivity index (χ2n) is 6.97. The second-order valence-corrected chi connectivity index (χ2v) is 6.97. The Balaban J connectivity index is 1.43. The zero-order valence-corrected chi connectivity index (χ0v) is 16.5. The SMILES string of the molecule is CN=C(NCCCOC1CCOC1)NCc1cc2c(cc1OC)CC(C)O2. The van der Waals surface area contributed by atoms with Crippen LogP contribution >= 0.6 is 0 Å². The fourth-order valence-electron chi connectivity index (χ4n) is 3.38. The smallest absolute Gasteiger partial charge is 0.191 e. The van der Waals surface area contributed by atoms with E-state index >= 15 is 0 Å². The Morgan fingerprint density at radius 2 is 2.22 bits per heavy atom. The van der Waals surface area contributed by atoms with Crippen LogP contribution in [0.3, 0.4) is 0 Å². The van der Waals surface area contributed by atoms with Crippen LogP contribution in [0.15, 0.2) is 17.1 Å². The van der Waals surface area contributed by atoms with Crippen molar-refractivity contribution >= 4 is 5.96 Å². The molecular weight excluding hydrogens is 346 g/mol. The summed E-state index contributed by atoms with van der Waals surface area (Å²) >= 11 is 0. The van der Waals surface area contributed by atoms with Gasteiger partial charge in [0, 0.05) is 50.9 Å². The first-order chi connectivity index (χ1) is 13.2. The van der Waals surface area contributed by atoms with Crippen LogP contribution in [-0.2, 0) is 22.4 Å². The third-order valence-corrected chi connectivity index (χ3v) is 4.82. The highest BCUT2D eigenvalue weighted by atomic mass is 16.5. The zero-order chi connectivity index (χ0) is 19.1. The molecule has 0 spiro atoms. The second kappa shape index (κ2) is 9.80. The van der Waals surface area contributed by atoms with Gasteiger partial charge in [-0.15, -0.1) is 0 Å². The summed E-state index contributed by atoms with van der Waals surface area (Å²) < 4.78 is 22.5. The van der Waals surface area contributed by atoms with E-state index in [0.717, 1.165) is 68.6 Å². The highest BCUT2D eigenvalue weighted by molar-refractivity contribution is 5.79. The van der Waals surface area contributed by atoms with Crippen molar-refractivity contribution in [1.82, 2.24) is 10.6 Å². The van der Waals surface area contributed by atoms with Crippen LogP contribution in [0.1, 0.15) is 30.9 Å². The Kier molecular flexibility index (Phi) is 7.18. The van der Waals surface area contributed by atoms with Crippen molar-refractivity contribution in [3.05, 3.63) is 23.3 Å². The molecule has 2 aliphatic rings. The molecule has 0 radical (unpaired) electrons. The Bertz CT molecular complexity index is 644. The molecule has 7 heteroatoms. The van der Waals surface area contributed by atoms with E-state index in [4.69, 9.17) is 18.9 Å². The minimum absolute atomic E-state index is 0.223.